The van der Waals surface area contributed by atoms with Gasteiger partial charge in [0.05, 0.1) is 4.47 Å². The predicted molar refractivity (Wildman–Crippen MR) is 125 cm³/mol. The number of hydrazine groups is 1. The van der Waals surface area contributed by atoms with Gasteiger partial charge in [-0.15, -0.1) is 0 Å². The summed E-state index contributed by atoms with van der Waals surface area (Å²) in [6.45, 7) is 6.17. The zero-order valence-electron chi connectivity index (χ0n) is 17.3. The van der Waals surface area contributed by atoms with Crippen LogP contribution < -0.4 is 20.9 Å². The van der Waals surface area contributed by atoms with Crippen LogP contribution in [0.5, 0.6) is 5.75 Å². The van der Waals surface area contributed by atoms with Crippen LogP contribution >= 0.6 is 28.1 Å². The molecule has 0 aliphatic carbocycles. The molecule has 0 spiro atoms. The van der Waals surface area contributed by atoms with E-state index in [2.05, 4.69) is 52.9 Å². The van der Waals surface area contributed by atoms with Crippen LogP contribution in [0.2, 0.25) is 0 Å². The van der Waals surface area contributed by atoms with Crippen molar-refractivity contribution in [2.24, 2.45) is 0 Å². The maximum absolute atomic E-state index is 12.0. The van der Waals surface area contributed by atoms with Gasteiger partial charge in [-0.25, -0.2) is 0 Å². The standard InChI is InChI=1S/C22H26BrN3O3S/c1-22(2,3)16-10-11-18(17(23)13-16)29-14-20(28)25-26-21(30)24-19(27)12-9-15-7-5-4-6-8-15/h4-8,10-11,13H,9,12,14H2,1-3H3,(H,25,28)(H2,24,26,27,30). The SMILES string of the molecule is CC(C)(C)c1ccc(OCC(=O)NNC(=S)NC(=O)CCc2ccccc2)c(Br)c1. The largest absolute Gasteiger partial charge is 0.483 e. The Morgan fingerprint density at radius 2 is 1.73 bits per heavy atom. The van der Waals surface area contributed by atoms with E-state index in [0.717, 1.165) is 15.6 Å². The minimum atomic E-state index is -0.428. The van der Waals surface area contributed by atoms with E-state index in [9.17, 15) is 9.59 Å². The number of hydrogen-bond acceptors (Lipinski definition) is 4. The number of rotatable bonds is 6. The lowest BCUT2D eigenvalue weighted by Gasteiger charge is -2.20. The van der Waals surface area contributed by atoms with Gasteiger partial charge in [0.25, 0.3) is 5.91 Å². The molecule has 3 N–H and O–H groups in total. The van der Waals surface area contributed by atoms with E-state index in [4.69, 9.17) is 17.0 Å². The van der Waals surface area contributed by atoms with Gasteiger partial charge >= 0.3 is 0 Å². The molecule has 2 rings (SSSR count). The van der Waals surface area contributed by atoms with Crippen molar-refractivity contribution in [2.75, 3.05) is 6.61 Å². The zero-order valence-corrected chi connectivity index (χ0v) is 19.7. The van der Waals surface area contributed by atoms with Crippen LogP contribution in [0.15, 0.2) is 53.0 Å². The Labute approximate surface area is 190 Å². The number of amides is 2. The molecule has 0 aliphatic heterocycles. The first-order chi connectivity index (χ1) is 14.1. The van der Waals surface area contributed by atoms with Gasteiger partial charge < -0.3 is 10.1 Å². The van der Waals surface area contributed by atoms with Crippen molar-refractivity contribution < 1.29 is 14.3 Å². The number of carbonyl (C=O) groups is 2. The van der Waals surface area contributed by atoms with Crippen LogP contribution in [0.4, 0.5) is 0 Å². The summed E-state index contributed by atoms with van der Waals surface area (Å²) < 4.78 is 6.31. The summed E-state index contributed by atoms with van der Waals surface area (Å²) in [6.07, 6.45) is 0.903. The molecule has 6 nitrogen and oxygen atoms in total. The Kier molecular flexibility index (Phi) is 8.80. The lowest BCUT2D eigenvalue weighted by molar-refractivity contribution is -0.124. The molecule has 0 bridgehead atoms. The number of aryl methyl sites for hydroxylation is 1. The van der Waals surface area contributed by atoms with Crippen molar-refractivity contribution in [2.45, 2.75) is 39.0 Å². The van der Waals surface area contributed by atoms with Crippen LogP contribution in [0.1, 0.15) is 38.3 Å². The summed E-state index contributed by atoms with van der Waals surface area (Å²) in [4.78, 5) is 23.9. The monoisotopic (exact) mass is 491 g/mol. The normalized spacial score (nSPS) is 10.8. The zero-order chi connectivity index (χ0) is 22.1. The Morgan fingerprint density at radius 1 is 1.03 bits per heavy atom. The maximum Gasteiger partial charge on any atom is 0.276 e. The molecule has 0 saturated heterocycles. The Morgan fingerprint density at radius 3 is 2.37 bits per heavy atom. The average molecular weight is 492 g/mol. The molecule has 2 amide bonds. The van der Waals surface area contributed by atoms with Crippen LogP contribution in [0.25, 0.3) is 0 Å². The number of hydrogen-bond donors (Lipinski definition) is 3. The van der Waals surface area contributed by atoms with Crippen LogP contribution in [-0.4, -0.2) is 23.5 Å². The first kappa shape index (κ1) is 23.8. The molecule has 0 atom stereocenters. The molecule has 0 aliphatic rings. The van der Waals surface area contributed by atoms with Crippen molar-refractivity contribution in [3.8, 4) is 5.75 Å². The van der Waals surface area contributed by atoms with Crippen molar-refractivity contribution in [1.82, 2.24) is 16.2 Å². The quantitative estimate of drug-likeness (QED) is 0.423. The van der Waals surface area contributed by atoms with Gasteiger partial charge in [-0.05, 0) is 63.2 Å². The summed E-state index contributed by atoms with van der Waals surface area (Å²) in [5.74, 6) is -0.0951. The van der Waals surface area contributed by atoms with Crippen LogP contribution in [0, 0.1) is 0 Å². The topological polar surface area (TPSA) is 79.5 Å². The van der Waals surface area contributed by atoms with Gasteiger partial charge in [0.1, 0.15) is 5.75 Å². The molecule has 160 valence electrons. The van der Waals surface area contributed by atoms with Crippen molar-refractivity contribution >= 4 is 45.1 Å². The smallest absolute Gasteiger partial charge is 0.276 e. The number of carbonyl (C=O) groups excluding carboxylic acids is 2. The molecule has 0 fully saturated rings. The molecule has 0 unspecified atom stereocenters. The maximum atomic E-state index is 12.0. The highest BCUT2D eigenvalue weighted by molar-refractivity contribution is 9.10. The molecular weight excluding hydrogens is 466 g/mol. The molecule has 0 saturated carbocycles. The highest BCUT2D eigenvalue weighted by Gasteiger charge is 2.15. The molecule has 0 heterocycles. The van der Waals surface area contributed by atoms with Gasteiger partial charge in [-0.2, -0.15) is 0 Å². The third kappa shape index (κ3) is 8.12. The van der Waals surface area contributed by atoms with Gasteiger partial charge in [0, 0.05) is 6.42 Å². The van der Waals surface area contributed by atoms with Gasteiger partial charge in [-0.1, -0.05) is 57.2 Å². The van der Waals surface area contributed by atoms with Crippen molar-refractivity contribution in [3.63, 3.8) is 0 Å². The summed E-state index contributed by atoms with van der Waals surface area (Å²) in [5, 5.41) is 2.55. The lowest BCUT2D eigenvalue weighted by atomic mass is 9.87. The van der Waals surface area contributed by atoms with Crippen LogP contribution in [0.3, 0.4) is 0 Å². The van der Waals surface area contributed by atoms with Crippen LogP contribution in [-0.2, 0) is 21.4 Å². The van der Waals surface area contributed by atoms with Crippen molar-refractivity contribution in [3.05, 3.63) is 64.1 Å². The number of thiocarbonyl (C=S) groups is 1. The Bertz CT molecular complexity index is 898. The third-order valence-corrected chi connectivity index (χ3v) is 5.03. The minimum Gasteiger partial charge on any atom is -0.483 e. The average Bonchev–Trinajstić information content (AvgIpc) is 2.70. The van der Waals surface area contributed by atoms with Gasteiger partial charge in [0.15, 0.2) is 11.7 Å². The van der Waals surface area contributed by atoms with Crippen molar-refractivity contribution in [1.29, 1.82) is 0 Å². The second-order valence-electron chi connectivity index (χ2n) is 7.72. The second-order valence-corrected chi connectivity index (χ2v) is 8.98. The first-order valence-corrected chi connectivity index (χ1v) is 10.7. The molecule has 8 heteroatoms. The number of benzene rings is 2. The number of halogens is 1. The summed E-state index contributed by atoms with van der Waals surface area (Å²) in [7, 11) is 0. The van der Waals surface area contributed by atoms with E-state index >= 15 is 0 Å². The highest BCUT2D eigenvalue weighted by atomic mass is 79.9. The highest BCUT2D eigenvalue weighted by Crippen LogP contribution is 2.31. The minimum absolute atomic E-state index is 0.0174. The second kappa shape index (κ2) is 11.1. The molecule has 2 aromatic carbocycles. The predicted octanol–water partition coefficient (Wildman–Crippen LogP) is 3.78. The third-order valence-electron chi connectivity index (χ3n) is 4.21. The number of nitrogens with one attached hydrogen (secondary N) is 3. The summed E-state index contributed by atoms with van der Waals surface area (Å²) in [6, 6.07) is 15.5. The Hall–Kier alpha value is -2.45. The van der Waals surface area contributed by atoms with E-state index in [1.54, 1.807) is 0 Å². The van der Waals surface area contributed by atoms with Gasteiger partial charge in [0.2, 0.25) is 5.91 Å². The summed E-state index contributed by atoms with van der Waals surface area (Å²) >= 11 is 8.49. The van der Waals surface area contributed by atoms with E-state index in [0.29, 0.717) is 18.6 Å². The summed E-state index contributed by atoms with van der Waals surface area (Å²) in [5.41, 5.74) is 7.14. The van der Waals surface area contributed by atoms with E-state index in [1.165, 1.54) is 0 Å². The van der Waals surface area contributed by atoms with Gasteiger partial charge in [-0.3, -0.25) is 20.4 Å². The fourth-order valence-corrected chi connectivity index (χ4v) is 3.17. The lowest BCUT2D eigenvalue weighted by Crippen LogP contribution is -2.49. The fourth-order valence-electron chi connectivity index (χ4n) is 2.51. The first-order valence-electron chi connectivity index (χ1n) is 9.50. The van der Waals surface area contributed by atoms with E-state index < -0.39 is 5.91 Å². The Balaban J connectivity index is 1.70. The molecule has 30 heavy (non-hydrogen) atoms. The molecule has 0 aromatic heterocycles. The number of ether oxygens (including phenoxy) is 1. The van der Waals surface area contributed by atoms with E-state index in [-0.39, 0.29) is 23.0 Å². The molecule has 0 radical (unpaired) electrons. The fraction of sp³-hybridized carbons (Fsp3) is 0.318. The molecular formula is C22H26BrN3O3S. The van der Waals surface area contributed by atoms with E-state index in [1.807, 2.05) is 48.5 Å². The molecule has 2 aromatic rings.